The summed E-state index contributed by atoms with van der Waals surface area (Å²) >= 11 is 3.15. The molecule has 1 rings (SSSR count). The maximum atomic E-state index is 13.4. The Morgan fingerprint density at radius 2 is 2.19 bits per heavy atom. The minimum Gasteiger partial charge on any atom is -0.409 e. The van der Waals surface area contributed by atoms with Gasteiger partial charge in [-0.15, -0.1) is 0 Å². The molecular weight excluding hydrogens is 345 g/mol. The molecule has 0 saturated heterocycles. The summed E-state index contributed by atoms with van der Waals surface area (Å²) < 4.78 is 18.8. The number of carbonyl (C=O) groups is 1. The average molecular weight is 362 g/mol. The monoisotopic (exact) mass is 361 g/mol. The molecule has 0 heterocycles. The van der Waals surface area contributed by atoms with Gasteiger partial charge in [0.2, 0.25) is 0 Å². The maximum absolute atomic E-state index is 13.4. The van der Waals surface area contributed by atoms with E-state index in [0.717, 1.165) is 6.07 Å². The van der Waals surface area contributed by atoms with E-state index < -0.39 is 5.82 Å². The van der Waals surface area contributed by atoms with Crippen LogP contribution < -0.4 is 5.73 Å². The summed E-state index contributed by atoms with van der Waals surface area (Å²) in [7, 11) is 1.52. The second-order valence-electron chi connectivity index (χ2n) is 4.28. The number of rotatable bonds is 7. The fraction of sp³-hybridized carbons (Fsp3) is 0.385. The van der Waals surface area contributed by atoms with Crippen LogP contribution in [-0.2, 0) is 4.74 Å². The van der Waals surface area contributed by atoms with Gasteiger partial charge in [0.25, 0.3) is 5.91 Å². The fourth-order valence-electron chi connectivity index (χ4n) is 1.68. The number of methoxy groups -OCH3 is 1. The van der Waals surface area contributed by atoms with Crippen molar-refractivity contribution in [3.8, 4) is 0 Å². The van der Waals surface area contributed by atoms with Gasteiger partial charge in [-0.2, -0.15) is 0 Å². The zero-order valence-electron chi connectivity index (χ0n) is 11.6. The number of amidine groups is 1. The molecule has 116 valence electrons. The third-order valence-electron chi connectivity index (χ3n) is 2.73. The first-order chi connectivity index (χ1) is 9.97. The van der Waals surface area contributed by atoms with E-state index in [1.807, 2.05) is 0 Å². The number of hydrogen-bond acceptors (Lipinski definition) is 4. The molecule has 0 aliphatic heterocycles. The van der Waals surface area contributed by atoms with Gasteiger partial charge in [-0.05, 0) is 18.2 Å². The minimum absolute atomic E-state index is 0.0191. The molecule has 1 aromatic carbocycles. The minimum atomic E-state index is -0.504. The molecule has 0 aliphatic rings. The van der Waals surface area contributed by atoms with E-state index in [1.165, 1.54) is 24.1 Å². The molecule has 0 aliphatic carbocycles. The number of carbonyl (C=O) groups excluding carboxylic acids is 1. The topological polar surface area (TPSA) is 88.2 Å². The largest absolute Gasteiger partial charge is 0.409 e. The zero-order chi connectivity index (χ0) is 15.8. The van der Waals surface area contributed by atoms with Gasteiger partial charge < -0.3 is 20.6 Å². The Balaban J connectivity index is 2.87. The Hall–Kier alpha value is -1.67. The highest BCUT2D eigenvalue weighted by atomic mass is 79.9. The number of halogens is 2. The number of benzene rings is 1. The first-order valence-electron chi connectivity index (χ1n) is 6.18. The molecule has 3 N–H and O–H groups in total. The first kappa shape index (κ1) is 17.4. The van der Waals surface area contributed by atoms with Crippen molar-refractivity contribution in [1.29, 1.82) is 0 Å². The standard InChI is InChI=1S/C13H17BrFN3O3/c1-21-5-4-18(3-2-12(16)17-20)13(19)9-6-10(14)8-11(15)7-9/h6-8,20H,2-5H2,1H3,(H2,16,17). The SMILES string of the molecule is COCCN(CCC(N)=NO)C(=O)c1cc(F)cc(Br)c1. The Morgan fingerprint density at radius 3 is 2.76 bits per heavy atom. The Labute approximate surface area is 130 Å². The van der Waals surface area contributed by atoms with Crippen molar-refractivity contribution in [2.45, 2.75) is 6.42 Å². The molecule has 0 aromatic heterocycles. The van der Waals surface area contributed by atoms with Crippen molar-refractivity contribution >= 4 is 27.7 Å². The second-order valence-corrected chi connectivity index (χ2v) is 5.20. The Morgan fingerprint density at radius 1 is 1.48 bits per heavy atom. The molecule has 1 aromatic rings. The first-order valence-corrected chi connectivity index (χ1v) is 6.98. The van der Waals surface area contributed by atoms with Gasteiger partial charge >= 0.3 is 0 Å². The van der Waals surface area contributed by atoms with Crippen LogP contribution in [0.3, 0.4) is 0 Å². The summed E-state index contributed by atoms with van der Waals surface area (Å²) in [6.45, 7) is 0.896. The van der Waals surface area contributed by atoms with Crippen LogP contribution in [0.4, 0.5) is 4.39 Å². The van der Waals surface area contributed by atoms with Crippen molar-refractivity contribution in [3.05, 3.63) is 34.1 Å². The summed E-state index contributed by atoms with van der Waals surface area (Å²) in [5.41, 5.74) is 5.62. The van der Waals surface area contributed by atoms with E-state index in [0.29, 0.717) is 17.6 Å². The zero-order valence-corrected chi connectivity index (χ0v) is 13.1. The molecule has 0 radical (unpaired) electrons. The second kappa shape index (κ2) is 8.58. The molecule has 21 heavy (non-hydrogen) atoms. The van der Waals surface area contributed by atoms with Gasteiger partial charge in [-0.25, -0.2) is 4.39 Å². The lowest BCUT2D eigenvalue weighted by Gasteiger charge is -2.22. The summed E-state index contributed by atoms with van der Waals surface area (Å²) in [6, 6.07) is 3.97. The number of hydrogen-bond donors (Lipinski definition) is 2. The summed E-state index contributed by atoms with van der Waals surface area (Å²) in [5.74, 6) is -0.834. The lowest BCUT2D eigenvalue weighted by atomic mass is 10.2. The molecule has 1 amide bonds. The molecule has 0 bridgehead atoms. The molecule has 8 heteroatoms. The van der Waals surface area contributed by atoms with E-state index in [1.54, 1.807) is 0 Å². The van der Waals surface area contributed by atoms with Gasteiger partial charge in [0, 0.05) is 36.7 Å². The Bertz CT molecular complexity index is 505. The molecule has 0 spiro atoms. The van der Waals surface area contributed by atoms with Crippen molar-refractivity contribution in [2.75, 3.05) is 26.8 Å². The molecule has 6 nitrogen and oxygen atoms in total. The van der Waals surface area contributed by atoms with Crippen LogP contribution in [0.5, 0.6) is 0 Å². The normalized spacial score (nSPS) is 11.5. The van der Waals surface area contributed by atoms with Crippen molar-refractivity contribution in [1.82, 2.24) is 4.90 Å². The Kier molecular flexibility index (Phi) is 7.10. The molecular formula is C13H17BrFN3O3. The van der Waals surface area contributed by atoms with Gasteiger partial charge in [-0.3, -0.25) is 4.79 Å². The van der Waals surface area contributed by atoms with E-state index in [2.05, 4.69) is 21.1 Å². The maximum Gasteiger partial charge on any atom is 0.254 e. The smallest absolute Gasteiger partial charge is 0.254 e. The molecule has 0 fully saturated rings. The van der Waals surface area contributed by atoms with Gasteiger partial charge in [0.05, 0.1) is 6.61 Å². The lowest BCUT2D eigenvalue weighted by Crippen LogP contribution is -2.36. The van der Waals surface area contributed by atoms with Gasteiger partial charge in [0.15, 0.2) is 0 Å². The molecule has 0 atom stereocenters. The number of nitrogens with two attached hydrogens (primary N) is 1. The van der Waals surface area contributed by atoms with Crippen LogP contribution in [0, 0.1) is 5.82 Å². The quantitative estimate of drug-likeness (QED) is 0.335. The number of nitrogens with zero attached hydrogens (tertiary/aromatic N) is 2. The number of oxime groups is 1. The third kappa shape index (κ3) is 5.68. The van der Waals surface area contributed by atoms with Crippen LogP contribution in [0.15, 0.2) is 27.8 Å². The van der Waals surface area contributed by atoms with Gasteiger partial charge in [0.1, 0.15) is 11.7 Å². The number of amides is 1. The molecule has 0 unspecified atom stereocenters. The van der Waals surface area contributed by atoms with Crippen LogP contribution in [-0.4, -0.2) is 48.7 Å². The van der Waals surface area contributed by atoms with E-state index in [-0.39, 0.29) is 30.3 Å². The van der Waals surface area contributed by atoms with Crippen LogP contribution in [0.2, 0.25) is 0 Å². The fourth-order valence-corrected chi connectivity index (χ4v) is 2.14. The highest BCUT2D eigenvalue weighted by Crippen LogP contribution is 2.16. The predicted octanol–water partition coefficient (Wildman–Crippen LogP) is 1.81. The van der Waals surface area contributed by atoms with E-state index in [4.69, 9.17) is 15.7 Å². The molecule has 0 saturated carbocycles. The van der Waals surface area contributed by atoms with Crippen LogP contribution >= 0.6 is 15.9 Å². The van der Waals surface area contributed by atoms with Crippen molar-refractivity contribution in [2.24, 2.45) is 10.9 Å². The van der Waals surface area contributed by atoms with Crippen molar-refractivity contribution < 1.29 is 19.1 Å². The average Bonchev–Trinajstić information content (AvgIpc) is 2.45. The van der Waals surface area contributed by atoms with Crippen LogP contribution in [0.25, 0.3) is 0 Å². The van der Waals surface area contributed by atoms with Crippen molar-refractivity contribution in [3.63, 3.8) is 0 Å². The predicted molar refractivity (Wildman–Crippen MR) is 79.9 cm³/mol. The summed E-state index contributed by atoms with van der Waals surface area (Å²) in [5, 5.41) is 11.4. The number of ether oxygens (including phenoxy) is 1. The van der Waals surface area contributed by atoms with Gasteiger partial charge in [-0.1, -0.05) is 21.1 Å². The summed E-state index contributed by atoms with van der Waals surface area (Å²) in [6.07, 6.45) is 0.211. The van der Waals surface area contributed by atoms with E-state index >= 15 is 0 Å². The van der Waals surface area contributed by atoms with E-state index in [9.17, 15) is 9.18 Å². The van der Waals surface area contributed by atoms with Crippen LogP contribution in [0.1, 0.15) is 16.8 Å². The highest BCUT2D eigenvalue weighted by Gasteiger charge is 2.17. The lowest BCUT2D eigenvalue weighted by molar-refractivity contribution is 0.0700. The highest BCUT2D eigenvalue weighted by molar-refractivity contribution is 9.10. The summed E-state index contributed by atoms with van der Waals surface area (Å²) in [4.78, 5) is 13.9. The third-order valence-corrected chi connectivity index (χ3v) is 3.19.